The minimum atomic E-state index is -2.93. The molecule has 0 bridgehead atoms. The summed E-state index contributed by atoms with van der Waals surface area (Å²) in [5.41, 5.74) is 0. The quantitative estimate of drug-likeness (QED) is 0.169. The Morgan fingerprint density at radius 2 is 2.00 bits per heavy atom. The van der Waals surface area contributed by atoms with E-state index in [2.05, 4.69) is 4.99 Å². The third-order valence-corrected chi connectivity index (χ3v) is 0.579. The third kappa shape index (κ3) is 7.31. The summed E-state index contributed by atoms with van der Waals surface area (Å²) in [5.74, 6) is 0. The first-order chi connectivity index (χ1) is 4.56. The Balaban J connectivity index is 3.34. The van der Waals surface area contributed by atoms with E-state index in [4.69, 9.17) is 20.4 Å². The summed E-state index contributed by atoms with van der Waals surface area (Å²) in [4.78, 5) is 3.41. The molecule has 0 unspecified atom stereocenters. The van der Waals surface area contributed by atoms with Crippen molar-refractivity contribution in [1.82, 2.24) is 5.32 Å². The highest BCUT2D eigenvalue weighted by Gasteiger charge is 2.13. The van der Waals surface area contributed by atoms with Crippen LogP contribution in [0.2, 0.25) is 0 Å². The monoisotopic (exact) mass is 150 g/mol. The maximum atomic E-state index is 8.17. The van der Waals surface area contributed by atoms with Gasteiger partial charge in [0.25, 0.3) is 0 Å². The van der Waals surface area contributed by atoms with Gasteiger partial charge in [-0.05, 0) is 0 Å². The van der Waals surface area contributed by atoms with Crippen LogP contribution in [0.4, 0.5) is 0 Å². The molecule has 0 aromatic rings. The zero-order valence-corrected chi connectivity index (χ0v) is 5.23. The summed E-state index contributed by atoms with van der Waals surface area (Å²) in [6.07, 6.45) is -2.05. The van der Waals surface area contributed by atoms with E-state index in [1.54, 1.807) is 5.32 Å². The minimum absolute atomic E-state index is 0.131. The van der Waals surface area contributed by atoms with Crippen molar-refractivity contribution >= 4 is 6.34 Å². The van der Waals surface area contributed by atoms with Crippen molar-refractivity contribution < 1.29 is 20.4 Å². The van der Waals surface area contributed by atoms with E-state index in [1.807, 2.05) is 0 Å². The fourth-order valence-corrected chi connectivity index (χ4v) is 0.255. The van der Waals surface area contributed by atoms with Gasteiger partial charge in [-0.15, -0.1) is 0 Å². The number of aliphatic hydroxyl groups excluding tert-OH is 1. The van der Waals surface area contributed by atoms with Crippen molar-refractivity contribution in [2.75, 3.05) is 13.2 Å². The molecule has 0 aromatic heterocycles. The van der Waals surface area contributed by atoms with Gasteiger partial charge in [-0.25, -0.2) is 0 Å². The molecule has 0 fully saturated rings. The van der Waals surface area contributed by atoms with Crippen LogP contribution >= 0.6 is 0 Å². The lowest BCUT2D eigenvalue weighted by Crippen LogP contribution is -2.43. The molecule has 0 aliphatic heterocycles. The SMILES string of the molecule is OCC/N=C/NC(O)(O)O. The van der Waals surface area contributed by atoms with Gasteiger partial charge in [-0.2, -0.15) is 0 Å². The molecule has 0 atom stereocenters. The normalized spacial score (nSPS) is 12.4. The average molecular weight is 150 g/mol. The van der Waals surface area contributed by atoms with Crippen LogP contribution in [0.3, 0.4) is 0 Å². The van der Waals surface area contributed by atoms with Crippen molar-refractivity contribution in [2.45, 2.75) is 6.10 Å². The Labute approximate surface area is 57.5 Å². The molecular formula is C4H10N2O4. The highest BCUT2D eigenvalue weighted by molar-refractivity contribution is 5.54. The number of hydrogen-bond acceptors (Lipinski definition) is 5. The maximum absolute atomic E-state index is 8.17. The van der Waals surface area contributed by atoms with E-state index in [0.717, 1.165) is 6.34 Å². The predicted molar refractivity (Wildman–Crippen MR) is 33.0 cm³/mol. The lowest BCUT2D eigenvalue weighted by Gasteiger charge is -2.11. The molecule has 6 nitrogen and oxygen atoms in total. The third-order valence-electron chi connectivity index (χ3n) is 0.579. The standard InChI is InChI=1S/C4H10N2O4/c7-2-1-5-3-6-4(8,9)10/h3,7-10H,1-2H2,(H,5,6). The highest BCUT2D eigenvalue weighted by atomic mass is 16.7. The minimum Gasteiger partial charge on any atom is -0.394 e. The van der Waals surface area contributed by atoms with Gasteiger partial charge < -0.3 is 25.7 Å². The summed E-state index contributed by atoms with van der Waals surface area (Å²) in [7, 11) is 0. The molecule has 0 aromatic carbocycles. The van der Waals surface area contributed by atoms with E-state index in [9.17, 15) is 0 Å². The van der Waals surface area contributed by atoms with Crippen LogP contribution in [-0.4, -0.2) is 46.0 Å². The topological polar surface area (TPSA) is 105 Å². The number of nitrogens with zero attached hydrogens (tertiary/aromatic N) is 1. The Hall–Kier alpha value is -0.690. The van der Waals surface area contributed by atoms with Gasteiger partial charge in [-0.3, -0.25) is 4.99 Å². The molecule has 60 valence electrons. The number of aliphatic hydroxyl groups is 4. The average Bonchev–Trinajstić information content (AvgIpc) is 1.78. The molecule has 0 heterocycles. The smallest absolute Gasteiger partial charge is 0.367 e. The molecule has 0 radical (unpaired) electrons. The highest BCUT2D eigenvalue weighted by Crippen LogP contribution is 1.79. The van der Waals surface area contributed by atoms with Crippen LogP contribution < -0.4 is 5.32 Å². The lowest BCUT2D eigenvalue weighted by atomic mass is 10.7. The van der Waals surface area contributed by atoms with Crippen LogP contribution in [0.25, 0.3) is 0 Å². The van der Waals surface area contributed by atoms with Gasteiger partial charge >= 0.3 is 6.10 Å². The summed E-state index contributed by atoms with van der Waals surface area (Å²) in [5, 5.41) is 34.4. The first kappa shape index (κ1) is 9.31. The first-order valence-corrected chi connectivity index (χ1v) is 2.60. The molecule has 0 saturated heterocycles. The van der Waals surface area contributed by atoms with Crippen molar-refractivity contribution in [3.8, 4) is 0 Å². The van der Waals surface area contributed by atoms with Crippen molar-refractivity contribution in [3.05, 3.63) is 0 Å². The molecule has 0 saturated carbocycles. The van der Waals surface area contributed by atoms with E-state index in [0.29, 0.717) is 0 Å². The van der Waals surface area contributed by atoms with Crippen LogP contribution in [0, 0.1) is 0 Å². The van der Waals surface area contributed by atoms with Crippen molar-refractivity contribution in [3.63, 3.8) is 0 Å². The summed E-state index contributed by atoms with van der Waals surface area (Å²) in [6.45, 7) is 0.0105. The second kappa shape index (κ2) is 4.18. The summed E-state index contributed by atoms with van der Waals surface area (Å²) in [6, 6.07) is 0. The summed E-state index contributed by atoms with van der Waals surface area (Å²) < 4.78 is 0. The van der Waals surface area contributed by atoms with Crippen LogP contribution in [0.15, 0.2) is 4.99 Å². The van der Waals surface area contributed by atoms with Gasteiger partial charge in [0.15, 0.2) is 0 Å². The van der Waals surface area contributed by atoms with Gasteiger partial charge in [0, 0.05) is 0 Å². The van der Waals surface area contributed by atoms with Crippen molar-refractivity contribution in [1.29, 1.82) is 0 Å². The molecule has 10 heavy (non-hydrogen) atoms. The number of rotatable bonds is 4. The van der Waals surface area contributed by atoms with Crippen LogP contribution in [0.1, 0.15) is 0 Å². The van der Waals surface area contributed by atoms with E-state index < -0.39 is 6.10 Å². The van der Waals surface area contributed by atoms with Crippen LogP contribution in [-0.2, 0) is 0 Å². The summed E-state index contributed by atoms with van der Waals surface area (Å²) >= 11 is 0. The number of nitrogens with one attached hydrogen (secondary N) is 1. The molecule has 6 heteroatoms. The van der Waals surface area contributed by atoms with Crippen LogP contribution in [0.5, 0.6) is 0 Å². The van der Waals surface area contributed by atoms with Gasteiger partial charge in [-0.1, -0.05) is 0 Å². The zero-order valence-electron chi connectivity index (χ0n) is 5.23. The van der Waals surface area contributed by atoms with Crippen molar-refractivity contribution in [2.24, 2.45) is 4.99 Å². The van der Waals surface area contributed by atoms with E-state index in [-0.39, 0.29) is 13.2 Å². The molecule has 0 aliphatic rings. The predicted octanol–water partition coefficient (Wildman–Crippen LogP) is -2.82. The van der Waals surface area contributed by atoms with Gasteiger partial charge in [0.05, 0.1) is 19.5 Å². The Bertz CT molecular complexity index is 108. The number of aliphatic imine (C=N–C) groups is 1. The Morgan fingerprint density at radius 1 is 1.40 bits per heavy atom. The molecule has 0 aliphatic carbocycles. The van der Waals surface area contributed by atoms with Gasteiger partial charge in [0.1, 0.15) is 0 Å². The lowest BCUT2D eigenvalue weighted by molar-refractivity contribution is -0.320. The second-order valence-corrected chi connectivity index (χ2v) is 1.54. The molecule has 0 amide bonds. The molecular weight excluding hydrogens is 140 g/mol. The second-order valence-electron chi connectivity index (χ2n) is 1.54. The number of hydrogen-bond donors (Lipinski definition) is 5. The van der Waals surface area contributed by atoms with E-state index >= 15 is 0 Å². The maximum Gasteiger partial charge on any atom is 0.367 e. The largest absolute Gasteiger partial charge is 0.394 e. The fourth-order valence-electron chi connectivity index (χ4n) is 0.255. The van der Waals surface area contributed by atoms with Gasteiger partial charge in [0.2, 0.25) is 0 Å². The first-order valence-electron chi connectivity index (χ1n) is 2.60. The Kier molecular flexibility index (Phi) is 3.89. The molecule has 5 N–H and O–H groups in total. The zero-order chi connectivity index (χ0) is 8.04. The molecule has 0 spiro atoms. The van der Waals surface area contributed by atoms with E-state index in [1.165, 1.54) is 0 Å². The molecule has 0 rings (SSSR count). The fraction of sp³-hybridized carbons (Fsp3) is 0.750. The Morgan fingerprint density at radius 3 is 2.40 bits per heavy atom.